The Morgan fingerprint density at radius 1 is 1.04 bits per heavy atom. The summed E-state index contributed by atoms with van der Waals surface area (Å²) >= 11 is 0. The Balaban J connectivity index is 1.29. The van der Waals surface area contributed by atoms with Crippen LogP contribution >= 0.6 is 0 Å². The van der Waals surface area contributed by atoms with Gasteiger partial charge >= 0.3 is 0 Å². The number of carbonyl (C=O) groups is 2. The lowest BCUT2D eigenvalue weighted by Crippen LogP contribution is -2.51. The van der Waals surface area contributed by atoms with Gasteiger partial charge in [0, 0.05) is 37.6 Å². The maximum Gasteiger partial charge on any atom is 0.231 e. The second-order valence-corrected chi connectivity index (χ2v) is 7.97. The SMILES string of the molecule is NC(=O)CN1CCC(C(=O)N2CC3CC2CN3Cc2ccccc2)CC1. The van der Waals surface area contributed by atoms with Crippen LogP contribution in [-0.2, 0) is 16.1 Å². The summed E-state index contributed by atoms with van der Waals surface area (Å²) in [5.74, 6) is 0.154. The van der Waals surface area contributed by atoms with Crippen molar-refractivity contribution in [3.63, 3.8) is 0 Å². The first-order valence-corrected chi connectivity index (χ1v) is 9.69. The third-order valence-corrected chi connectivity index (χ3v) is 6.18. The van der Waals surface area contributed by atoms with E-state index in [4.69, 9.17) is 5.73 Å². The zero-order valence-corrected chi connectivity index (χ0v) is 15.2. The van der Waals surface area contributed by atoms with Crippen LogP contribution in [0.1, 0.15) is 24.8 Å². The molecular weight excluding hydrogens is 328 g/mol. The van der Waals surface area contributed by atoms with E-state index < -0.39 is 0 Å². The maximum atomic E-state index is 13.0. The van der Waals surface area contributed by atoms with Gasteiger partial charge in [-0.1, -0.05) is 30.3 Å². The number of amides is 2. The third-order valence-electron chi connectivity index (χ3n) is 6.18. The summed E-state index contributed by atoms with van der Waals surface area (Å²) in [4.78, 5) is 30.7. The molecule has 1 aromatic rings. The van der Waals surface area contributed by atoms with Crippen LogP contribution in [0.5, 0.6) is 0 Å². The fraction of sp³-hybridized carbons (Fsp3) is 0.600. The Labute approximate surface area is 154 Å². The molecule has 0 radical (unpaired) electrons. The van der Waals surface area contributed by atoms with Crippen LogP contribution < -0.4 is 5.73 Å². The number of hydrogen-bond donors (Lipinski definition) is 1. The molecule has 3 saturated heterocycles. The highest BCUT2D eigenvalue weighted by atomic mass is 16.2. The van der Waals surface area contributed by atoms with Gasteiger partial charge in [-0.25, -0.2) is 0 Å². The Hall–Kier alpha value is -1.92. The predicted octanol–water partition coefficient (Wildman–Crippen LogP) is 0.669. The number of primary amides is 1. The number of nitrogens with two attached hydrogens (primary N) is 1. The predicted molar refractivity (Wildman–Crippen MR) is 99.1 cm³/mol. The normalized spacial score (nSPS) is 27.2. The van der Waals surface area contributed by atoms with Crippen molar-refractivity contribution in [1.29, 1.82) is 0 Å². The first-order valence-electron chi connectivity index (χ1n) is 9.69. The van der Waals surface area contributed by atoms with E-state index in [-0.39, 0.29) is 11.8 Å². The summed E-state index contributed by atoms with van der Waals surface area (Å²) in [6, 6.07) is 11.4. The lowest BCUT2D eigenvalue weighted by atomic mass is 9.95. The van der Waals surface area contributed by atoms with E-state index in [0.29, 0.717) is 24.5 Å². The monoisotopic (exact) mass is 356 g/mol. The number of piperazine rings is 1. The van der Waals surface area contributed by atoms with Crippen LogP contribution in [0.25, 0.3) is 0 Å². The van der Waals surface area contributed by atoms with Crippen LogP contribution in [0, 0.1) is 5.92 Å². The first kappa shape index (κ1) is 17.5. The van der Waals surface area contributed by atoms with Crippen molar-refractivity contribution in [2.24, 2.45) is 11.7 Å². The summed E-state index contributed by atoms with van der Waals surface area (Å²) in [6.45, 7) is 4.74. The second kappa shape index (κ2) is 7.37. The molecule has 26 heavy (non-hydrogen) atoms. The van der Waals surface area contributed by atoms with Crippen molar-refractivity contribution in [3.8, 4) is 0 Å². The number of likely N-dealkylation sites (tertiary alicyclic amines) is 3. The Morgan fingerprint density at radius 3 is 2.38 bits per heavy atom. The van der Waals surface area contributed by atoms with Gasteiger partial charge in [0.1, 0.15) is 0 Å². The highest BCUT2D eigenvalue weighted by molar-refractivity contribution is 5.80. The van der Waals surface area contributed by atoms with Crippen LogP contribution in [0.2, 0.25) is 0 Å². The molecule has 2 atom stereocenters. The molecular formula is C20H28N4O2. The van der Waals surface area contributed by atoms with Gasteiger partial charge in [-0.2, -0.15) is 0 Å². The standard InChI is InChI=1S/C20H28N4O2/c21-19(25)14-22-8-6-16(7-9-22)20(26)24-13-17-10-18(24)12-23(17)11-15-4-2-1-3-5-15/h1-5,16-18H,6-14H2,(H2,21,25). The van der Waals surface area contributed by atoms with Gasteiger partial charge in [0.05, 0.1) is 6.54 Å². The zero-order chi connectivity index (χ0) is 18.1. The molecule has 2 bridgehead atoms. The van der Waals surface area contributed by atoms with Gasteiger partial charge in [-0.3, -0.25) is 19.4 Å². The smallest absolute Gasteiger partial charge is 0.231 e. The Kier molecular flexibility index (Phi) is 4.96. The summed E-state index contributed by atoms with van der Waals surface area (Å²) in [6.07, 6.45) is 2.79. The maximum absolute atomic E-state index is 13.0. The van der Waals surface area contributed by atoms with Gasteiger partial charge in [0.15, 0.2) is 0 Å². The molecule has 2 N–H and O–H groups in total. The molecule has 3 fully saturated rings. The van der Waals surface area contributed by atoms with E-state index in [1.165, 1.54) is 5.56 Å². The molecule has 4 rings (SSSR count). The summed E-state index contributed by atoms with van der Waals surface area (Å²) in [7, 11) is 0. The number of nitrogens with zero attached hydrogens (tertiary/aromatic N) is 3. The molecule has 0 aromatic heterocycles. The number of hydrogen-bond acceptors (Lipinski definition) is 4. The molecule has 6 heteroatoms. The lowest BCUT2D eigenvalue weighted by molar-refractivity contribution is -0.139. The molecule has 2 amide bonds. The van der Waals surface area contributed by atoms with Crippen molar-refractivity contribution in [1.82, 2.24) is 14.7 Å². The van der Waals surface area contributed by atoms with Crippen LogP contribution in [0.3, 0.4) is 0 Å². The fourth-order valence-electron chi connectivity index (χ4n) is 4.82. The van der Waals surface area contributed by atoms with Crippen molar-refractivity contribution < 1.29 is 9.59 Å². The Morgan fingerprint density at radius 2 is 1.77 bits per heavy atom. The van der Waals surface area contributed by atoms with Gasteiger partial charge in [-0.15, -0.1) is 0 Å². The molecule has 3 heterocycles. The minimum Gasteiger partial charge on any atom is -0.369 e. The quantitative estimate of drug-likeness (QED) is 0.842. The van der Waals surface area contributed by atoms with E-state index >= 15 is 0 Å². The van der Waals surface area contributed by atoms with Crippen molar-refractivity contribution in [2.75, 3.05) is 32.7 Å². The van der Waals surface area contributed by atoms with Gasteiger partial charge in [0.2, 0.25) is 11.8 Å². The highest BCUT2D eigenvalue weighted by Crippen LogP contribution is 2.34. The summed E-state index contributed by atoms with van der Waals surface area (Å²) in [5.41, 5.74) is 6.61. The first-order chi connectivity index (χ1) is 12.6. The Bertz CT molecular complexity index is 657. The van der Waals surface area contributed by atoms with E-state index in [9.17, 15) is 9.59 Å². The minimum atomic E-state index is -0.287. The molecule has 2 unspecified atom stereocenters. The number of piperidine rings is 1. The van der Waals surface area contributed by atoms with Crippen molar-refractivity contribution in [2.45, 2.75) is 37.9 Å². The van der Waals surface area contributed by atoms with Gasteiger partial charge in [0.25, 0.3) is 0 Å². The molecule has 0 spiro atoms. The zero-order valence-electron chi connectivity index (χ0n) is 15.2. The number of benzene rings is 1. The molecule has 1 aromatic carbocycles. The number of rotatable bonds is 5. The summed E-state index contributed by atoms with van der Waals surface area (Å²) < 4.78 is 0. The fourth-order valence-corrected chi connectivity index (χ4v) is 4.82. The van der Waals surface area contributed by atoms with E-state index in [1.54, 1.807) is 0 Å². The molecule has 3 aliphatic rings. The second-order valence-electron chi connectivity index (χ2n) is 7.97. The average molecular weight is 356 g/mol. The largest absolute Gasteiger partial charge is 0.369 e. The van der Waals surface area contributed by atoms with Crippen LogP contribution in [0.15, 0.2) is 30.3 Å². The molecule has 6 nitrogen and oxygen atoms in total. The summed E-state index contributed by atoms with van der Waals surface area (Å²) in [5, 5.41) is 0. The van der Waals surface area contributed by atoms with Gasteiger partial charge < -0.3 is 10.6 Å². The van der Waals surface area contributed by atoms with Crippen LogP contribution in [0.4, 0.5) is 0 Å². The number of fused-ring (bicyclic) bond motifs is 2. The lowest BCUT2D eigenvalue weighted by Gasteiger charge is -2.38. The van der Waals surface area contributed by atoms with E-state index in [0.717, 1.165) is 52.0 Å². The molecule has 0 saturated carbocycles. The third kappa shape index (κ3) is 3.62. The van der Waals surface area contributed by atoms with Gasteiger partial charge in [-0.05, 0) is 37.9 Å². The van der Waals surface area contributed by atoms with Crippen molar-refractivity contribution >= 4 is 11.8 Å². The van der Waals surface area contributed by atoms with Crippen LogP contribution in [-0.4, -0.2) is 71.3 Å². The van der Waals surface area contributed by atoms with E-state index in [2.05, 4.69) is 45.0 Å². The van der Waals surface area contributed by atoms with Crippen molar-refractivity contribution in [3.05, 3.63) is 35.9 Å². The number of carbonyl (C=O) groups excluding carboxylic acids is 2. The average Bonchev–Trinajstić information content (AvgIpc) is 3.22. The van der Waals surface area contributed by atoms with E-state index in [1.807, 2.05) is 0 Å². The topological polar surface area (TPSA) is 69.9 Å². The highest BCUT2D eigenvalue weighted by Gasteiger charge is 2.46. The molecule has 140 valence electrons. The molecule has 0 aliphatic carbocycles. The molecule has 3 aliphatic heterocycles. The minimum absolute atomic E-state index is 0.112.